The molecule has 3 nitrogen and oxygen atoms in total. The van der Waals surface area contributed by atoms with Gasteiger partial charge in [0.15, 0.2) is 0 Å². The molecular weight excluding hydrogens is 256 g/mol. The van der Waals surface area contributed by atoms with E-state index in [1.807, 2.05) is 24.3 Å². The smallest absolute Gasteiger partial charge is 0.251 e. The summed E-state index contributed by atoms with van der Waals surface area (Å²) >= 11 is 4.22. The van der Waals surface area contributed by atoms with Gasteiger partial charge in [-0.15, -0.1) is 12.6 Å². The van der Waals surface area contributed by atoms with Crippen LogP contribution in [0.3, 0.4) is 0 Å². The normalized spacial score (nSPS) is 17.4. The third kappa shape index (κ3) is 4.25. The van der Waals surface area contributed by atoms with Crippen molar-refractivity contribution in [2.24, 2.45) is 5.92 Å². The van der Waals surface area contributed by atoms with E-state index in [-0.39, 0.29) is 5.91 Å². The summed E-state index contributed by atoms with van der Waals surface area (Å²) < 4.78 is 0. The van der Waals surface area contributed by atoms with Gasteiger partial charge < -0.3 is 10.2 Å². The highest BCUT2D eigenvalue weighted by Gasteiger charge is 2.18. The summed E-state index contributed by atoms with van der Waals surface area (Å²) in [7, 11) is 0. The van der Waals surface area contributed by atoms with E-state index in [2.05, 4.69) is 29.8 Å². The summed E-state index contributed by atoms with van der Waals surface area (Å²) in [5.41, 5.74) is 0.712. The van der Waals surface area contributed by atoms with Gasteiger partial charge in [-0.2, -0.15) is 0 Å². The fourth-order valence-electron chi connectivity index (χ4n) is 2.46. The van der Waals surface area contributed by atoms with Gasteiger partial charge in [-0.3, -0.25) is 4.79 Å². The van der Waals surface area contributed by atoms with Crippen molar-refractivity contribution in [2.45, 2.75) is 24.7 Å². The first-order chi connectivity index (χ1) is 9.19. The highest BCUT2D eigenvalue weighted by molar-refractivity contribution is 7.80. The van der Waals surface area contributed by atoms with E-state index in [1.165, 1.54) is 12.8 Å². The zero-order chi connectivity index (χ0) is 13.7. The Morgan fingerprint density at radius 2 is 1.95 bits per heavy atom. The number of hydrogen-bond donors (Lipinski definition) is 2. The summed E-state index contributed by atoms with van der Waals surface area (Å²) in [6.45, 7) is 6.44. The van der Waals surface area contributed by atoms with Gasteiger partial charge in [0.25, 0.3) is 5.91 Å². The van der Waals surface area contributed by atoms with Gasteiger partial charge in [0, 0.05) is 17.0 Å². The zero-order valence-electron chi connectivity index (χ0n) is 11.4. The molecule has 0 spiro atoms. The molecule has 19 heavy (non-hydrogen) atoms. The summed E-state index contributed by atoms with van der Waals surface area (Å²) in [4.78, 5) is 15.3. The first kappa shape index (κ1) is 14.4. The Hall–Kier alpha value is -1.00. The Morgan fingerprint density at radius 1 is 1.32 bits per heavy atom. The number of nitrogens with zero attached hydrogens (tertiary/aromatic N) is 1. The molecule has 1 N–H and O–H groups in total. The monoisotopic (exact) mass is 278 g/mol. The Bertz CT molecular complexity index is 411. The number of amides is 1. The predicted molar refractivity (Wildman–Crippen MR) is 80.9 cm³/mol. The molecular formula is C15H22N2OS. The Balaban J connectivity index is 1.76. The lowest BCUT2D eigenvalue weighted by atomic mass is 9.97. The minimum Gasteiger partial charge on any atom is -0.352 e. The van der Waals surface area contributed by atoms with Crippen LogP contribution in [0.5, 0.6) is 0 Å². The van der Waals surface area contributed by atoms with Gasteiger partial charge in [-0.1, -0.05) is 6.92 Å². The standard InChI is InChI=1S/C15H22N2OS/c1-2-17-9-7-12(8-10-17)11-16-15(18)13-3-5-14(19)6-4-13/h3-6,12,19H,2,7-11H2,1H3,(H,16,18). The Kier molecular flexibility index (Phi) is 5.28. The maximum Gasteiger partial charge on any atom is 0.251 e. The number of hydrogen-bond acceptors (Lipinski definition) is 3. The first-order valence-corrected chi connectivity index (χ1v) is 7.43. The van der Waals surface area contributed by atoms with E-state index in [0.29, 0.717) is 11.5 Å². The number of thiol groups is 1. The van der Waals surface area contributed by atoms with Crippen molar-refractivity contribution >= 4 is 18.5 Å². The van der Waals surface area contributed by atoms with E-state index in [0.717, 1.165) is 31.1 Å². The molecule has 1 aromatic rings. The summed E-state index contributed by atoms with van der Waals surface area (Å²) in [6.07, 6.45) is 2.37. The van der Waals surface area contributed by atoms with Crippen molar-refractivity contribution < 1.29 is 4.79 Å². The van der Waals surface area contributed by atoms with E-state index in [9.17, 15) is 4.79 Å². The van der Waals surface area contributed by atoms with E-state index >= 15 is 0 Å². The van der Waals surface area contributed by atoms with Crippen LogP contribution in [0.4, 0.5) is 0 Å². The van der Waals surface area contributed by atoms with Crippen LogP contribution >= 0.6 is 12.6 Å². The lowest BCUT2D eigenvalue weighted by Gasteiger charge is -2.31. The molecule has 2 rings (SSSR count). The minimum absolute atomic E-state index is 0.0197. The van der Waals surface area contributed by atoms with Gasteiger partial charge in [0.2, 0.25) is 0 Å². The number of carbonyl (C=O) groups excluding carboxylic acids is 1. The van der Waals surface area contributed by atoms with E-state index in [1.54, 1.807) is 0 Å². The molecule has 1 saturated heterocycles. The SMILES string of the molecule is CCN1CCC(CNC(=O)c2ccc(S)cc2)CC1. The zero-order valence-corrected chi connectivity index (χ0v) is 12.3. The lowest BCUT2D eigenvalue weighted by molar-refractivity contribution is 0.0937. The van der Waals surface area contributed by atoms with Crippen molar-refractivity contribution in [2.75, 3.05) is 26.2 Å². The van der Waals surface area contributed by atoms with Crippen LogP contribution in [0.25, 0.3) is 0 Å². The molecule has 0 saturated carbocycles. The topological polar surface area (TPSA) is 32.3 Å². The predicted octanol–water partition coefficient (Wildman–Crippen LogP) is 2.44. The fraction of sp³-hybridized carbons (Fsp3) is 0.533. The number of benzene rings is 1. The minimum atomic E-state index is 0.0197. The Morgan fingerprint density at radius 3 is 2.53 bits per heavy atom. The number of rotatable bonds is 4. The second-order valence-electron chi connectivity index (χ2n) is 5.13. The number of nitrogens with one attached hydrogen (secondary N) is 1. The van der Waals surface area contributed by atoms with Crippen LogP contribution in [0.2, 0.25) is 0 Å². The van der Waals surface area contributed by atoms with Crippen LogP contribution in [-0.2, 0) is 0 Å². The van der Waals surface area contributed by atoms with Crippen molar-refractivity contribution in [1.82, 2.24) is 10.2 Å². The van der Waals surface area contributed by atoms with Crippen LogP contribution in [-0.4, -0.2) is 37.0 Å². The molecule has 1 aliphatic rings. The van der Waals surface area contributed by atoms with Gasteiger partial charge in [0.05, 0.1) is 0 Å². The summed E-state index contributed by atoms with van der Waals surface area (Å²) in [5.74, 6) is 0.641. The molecule has 1 amide bonds. The third-order valence-corrected chi connectivity index (χ3v) is 4.13. The van der Waals surface area contributed by atoms with Crippen molar-refractivity contribution in [3.63, 3.8) is 0 Å². The van der Waals surface area contributed by atoms with Gasteiger partial charge in [-0.05, 0) is 62.7 Å². The molecule has 1 aromatic carbocycles. The van der Waals surface area contributed by atoms with Crippen LogP contribution in [0.15, 0.2) is 29.2 Å². The molecule has 1 fully saturated rings. The van der Waals surface area contributed by atoms with Gasteiger partial charge in [-0.25, -0.2) is 0 Å². The first-order valence-electron chi connectivity index (χ1n) is 6.98. The van der Waals surface area contributed by atoms with E-state index < -0.39 is 0 Å². The molecule has 4 heteroatoms. The summed E-state index contributed by atoms with van der Waals surface area (Å²) in [6, 6.07) is 7.32. The quantitative estimate of drug-likeness (QED) is 0.829. The maximum absolute atomic E-state index is 12.0. The van der Waals surface area contributed by atoms with Crippen molar-refractivity contribution in [3.05, 3.63) is 29.8 Å². The third-order valence-electron chi connectivity index (χ3n) is 3.84. The van der Waals surface area contributed by atoms with Gasteiger partial charge in [0.1, 0.15) is 0 Å². The number of piperidine rings is 1. The summed E-state index contributed by atoms with van der Waals surface area (Å²) in [5, 5.41) is 3.04. The average molecular weight is 278 g/mol. The van der Waals surface area contributed by atoms with Gasteiger partial charge >= 0.3 is 0 Å². The molecule has 1 heterocycles. The van der Waals surface area contributed by atoms with Crippen molar-refractivity contribution in [3.8, 4) is 0 Å². The maximum atomic E-state index is 12.0. The van der Waals surface area contributed by atoms with Crippen LogP contribution in [0.1, 0.15) is 30.1 Å². The fourth-order valence-corrected chi connectivity index (χ4v) is 2.61. The second kappa shape index (κ2) is 6.96. The number of carbonyl (C=O) groups is 1. The molecule has 104 valence electrons. The number of likely N-dealkylation sites (tertiary alicyclic amines) is 1. The van der Waals surface area contributed by atoms with Crippen molar-refractivity contribution in [1.29, 1.82) is 0 Å². The molecule has 0 aromatic heterocycles. The second-order valence-corrected chi connectivity index (χ2v) is 5.65. The molecule has 0 atom stereocenters. The van der Waals surface area contributed by atoms with Crippen LogP contribution in [0, 0.1) is 5.92 Å². The molecule has 0 aliphatic carbocycles. The highest BCUT2D eigenvalue weighted by Crippen LogP contribution is 2.16. The molecule has 0 radical (unpaired) electrons. The Labute approximate surface area is 120 Å². The molecule has 0 unspecified atom stereocenters. The van der Waals surface area contributed by atoms with E-state index in [4.69, 9.17) is 0 Å². The average Bonchev–Trinajstić information content (AvgIpc) is 2.46. The highest BCUT2D eigenvalue weighted by atomic mass is 32.1. The largest absolute Gasteiger partial charge is 0.352 e. The lowest BCUT2D eigenvalue weighted by Crippen LogP contribution is -2.38. The molecule has 1 aliphatic heterocycles. The molecule has 0 bridgehead atoms. The van der Waals surface area contributed by atoms with Crippen LogP contribution < -0.4 is 5.32 Å².